The Morgan fingerprint density at radius 2 is 2.45 bits per heavy atom. The lowest BCUT2D eigenvalue weighted by atomic mass is 10.1. The zero-order valence-corrected chi connectivity index (χ0v) is 7.56. The highest BCUT2D eigenvalue weighted by Gasteiger charge is 2.18. The summed E-state index contributed by atoms with van der Waals surface area (Å²) in [6.07, 6.45) is 4.27. The molecule has 1 saturated heterocycles. The molecule has 0 N–H and O–H groups in total. The fraction of sp³-hybridized carbons (Fsp3) is 0.875. The van der Waals surface area contributed by atoms with E-state index in [1.807, 2.05) is 0 Å². The second-order valence-electron chi connectivity index (χ2n) is 2.90. The Hall–Kier alpha value is -0.200. The first-order valence-corrected chi connectivity index (χ1v) is 4.98. The number of rotatable bonds is 2. The summed E-state index contributed by atoms with van der Waals surface area (Å²) in [5.41, 5.74) is 0. The van der Waals surface area contributed by atoms with Crippen molar-refractivity contribution in [3.05, 3.63) is 0 Å². The number of hydrogen-bond acceptors (Lipinski definition) is 3. The predicted octanol–water partition coefficient (Wildman–Crippen LogP) is 2.16. The quantitative estimate of drug-likeness (QED) is 0.597. The highest BCUT2D eigenvalue weighted by Crippen LogP contribution is 2.20. The first kappa shape index (κ1) is 8.89. The topological polar surface area (TPSA) is 33.0 Å². The van der Waals surface area contributed by atoms with Crippen molar-refractivity contribution in [2.24, 2.45) is 0 Å². The van der Waals surface area contributed by atoms with Crippen LogP contribution < -0.4 is 0 Å². The molecule has 0 radical (unpaired) electrons. The van der Waals surface area contributed by atoms with Crippen molar-refractivity contribution in [3.63, 3.8) is 0 Å². The number of thioether (sulfide) groups is 1. The van der Waals surface area contributed by atoms with Gasteiger partial charge < -0.3 is 4.74 Å². The standard InChI is InChI=1S/C8H13NOS/c1-7-3-2-4-8(10-7)5-11-6-9/h7-8H,2-5H2,1H3/t7-,8-/m1/s1. The number of ether oxygens (including phenoxy) is 1. The molecule has 0 unspecified atom stereocenters. The lowest BCUT2D eigenvalue weighted by Gasteiger charge is -2.26. The van der Waals surface area contributed by atoms with Crippen LogP contribution in [0.2, 0.25) is 0 Å². The van der Waals surface area contributed by atoms with Gasteiger partial charge in [-0.3, -0.25) is 0 Å². The Bertz CT molecular complexity index is 155. The maximum absolute atomic E-state index is 8.32. The van der Waals surface area contributed by atoms with Gasteiger partial charge >= 0.3 is 0 Å². The van der Waals surface area contributed by atoms with Crippen LogP contribution in [0.25, 0.3) is 0 Å². The van der Waals surface area contributed by atoms with Crippen molar-refractivity contribution < 1.29 is 4.74 Å². The van der Waals surface area contributed by atoms with E-state index in [0.29, 0.717) is 12.2 Å². The van der Waals surface area contributed by atoms with Crippen LogP contribution in [0.15, 0.2) is 0 Å². The summed E-state index contributed by atoms with van der Waals surface area (Å²) in [6.45, 7) is 2.10. The Morgan fingerprint density at radius 3 is 3.09 bits per heavy atom. The molecule has 0 amide bonds. The molecule has 0 aromatic heterocycles. The molecule has 1 heterocycles. The fourth-order valence-corrected chi connectivity index (χ4v) is 1.86. The SMILES string of the molecule is C[C@@H]1CCC[C@H](CSC#N)O1. The monoisotopic (exact) mass is 171 g/mol. The Kier molecular flexibility index (Phi) is 3.74. The molecule has 0 aliphatic carbocycles. The smallest absolute Gasteiger partial charge is 0.133 e. The highest BCUT2D eigenvalue weighted by atomic mass is 32.2. The first-order valence-electron chi connectivity index (χ1n) is 3.99. The van der Waals surface area contributed by atoms with Crippen molar-refractivity contribution in [3.8, 4) is 5.40 Å². The Balaban J connectivity index is 2.18. The van der Waals surface area contributed by atoms with Crippen LogP contribution in [0.1, 0.15) is 26.2 Å². The van der Waals surface area contributed by atoms with Crippen molar-refractivity contribution >= 4 is 11.8 Å². The van der Waals surface area contributed by atoms with E-state index >= 15 is 0 Å². The molecule has 11 heavy (non-hydrogen) atoms. The highest BCUT2D eigenvalue weighted by molar-refractivity contribution is 8.03. The summed E-state index contributed by atoms with van der Waals surface area (Å²) in [7, 11) is 0. The number of nitrogens with zero attached hydrogens (tertiary/aromatic N) is 1. The zero-order chi connectivity index (χ0) is 8.10. The first-order chi connectivity index (χ1) is 5.33. The van der Waals surface area contributed by atoms with Gasteiger partial charge in [0.05, 0.1) is 12.2 Å². The zero-order valence-electron chi connectivity index (χ0n) is 6.75. The van der Waals surface area contributed by atoms with Gasteiger partial charge in [0.1, 0.15) is 5.40 Å². The molecular formula is C8H13NOS. The summed E-state index contributed by atoms with van der Waals surface area (Å²) >= 11 is 1.30. The molecule has 1 aliphatic rings. The van der Waals surface area contributed by atoms with Gasteiger partial charge in [-0.2, -0.15) is 5.26 Å². The molecule has 0 aromatic rings. The average Bonchev–Trinajstić information content (AvgIpc) is 2.01. The molecule has 1 rings (SSSR count). The summed E-state index contributed by atoms with van der Waals surface area (Å²) in [5, 5.41) is 10.4. The van der Waals surface area contributed by atoms with E-state index in [-0.39, 0.29) is 0 Å². The minimum atomic E-state index is 0.323. The minimum absolute atomic E-state index is 0.323. The van der Waals surface area contributed by atoms with E-state index in [9.17, 15) is 0 Å². The van der Waals surface area contributed by atoms with Crippen LogP contribution >= 0.6 is 11.8 Å². The van der Waals surface area contributed by atoms with Crippen molar-refractivity contribution in [1.29, 1.82) is 5.26 Å². The van der Waals surface area contributed by atoms with Gasteiger partial charge in [-0.05, 0) is 37.9 Å². The summed E-state index contributed by atoms with van der Waals surface area (Å²) < 4.78 is 5.62. The Morgan fingerprint density at radius 1 is 1.64 bits per heavy atom. The minimum Gasteiger partial charge on any atom is -0.374 e. The molecule has 3 heteroatoms. The molecule has 0 saturated carbocycles. The third kappa shape index (κ3) is 3.13. The molecule has 0 spiro atoms. The summed E-state index contributed by atoms with van der Waals surface area (Å²) in [4.78, 5) is 0. The van der Waals surface area contributed by atoms with Gasteiger partial charge in [-0.25, -0.2) is 0 Å². The second-order valence-corrected chi connectivity index (χ2v) is 3.71. The maximum atomic E-state index is 8.32. The van der Waals surface area contributed by atoms with E-state index in [1.165, 1.54) is 24.6 Å². The summed E-state index contributed by atoms with van der Waals surface area (Å²) in [5.74, 6) is 0.834. The Labute approximate surface area is 71.9 Å². The molecule has 0 aromatic carbocycles. The van der Waals surface area contributed by atoms with Gasteiger partial charge in [-0.15, -0.1) is 0 Å². The van der Waals surface area contributed by atoms with Gasteiger partial charge in [-0.1, -0.05) is 0 Å². The fourth-order valence-electron chi connectivity index (χ4n) is 1.35. The van der Waals surface area contributed by atoms with E-state index in [1.54, 1.807) is 0 Å². The van der Waals surface area contributed by atoms with Crippen LogP contribution in [0.4, 0.5) is 0 Å². The van der Waals surface area contributed by atoms with Gasteiger partial charge in [0.25, 0.3) is 0 Å². The predicted molar refractivity (Wildman–Crippen MR) is 46.3 cm³/mol. The van der Waals surface area contributed by atoms with E-state index in [2.05, 4.69) is 12.3 Å². The van der Waals surface area contributed by atoms with Crippen molar-refractivity contribution in [2.75, 3.05) is 5.75 Å². The second kappa shape index (κ2) is 4.63. The third-order valence-corrected chi connectivity index (χ3v) is 2.56. The van der Waals surface area contributed by atoms with E-state index < -0.39 is 0 Å². The number of nitriles is 1. The molecule has 2 atom stereocenters. The van der Waals surface area contributed by atoms with Crippen molar-refractivity contribution in [2.45, 2.75) is 38.4 Å². The number of hydrogen-bond donors (Lipinski definition) is 0. The lowest BCUT2D eigenvalue weighted by molar-refractivity contribution is -0.0266. The normalized spacial score (nSPS) is 31.3. The van der Waals surface area contributed by atoms with E-state index in [4.69, 9.17) is 10.00 Å². The van der Waals surface area contributed by atoms with Crippen LogP contribution in [-0.4, -0.2) is 18.0 Å². The molecular weight excluding hydrogens is 158 g/mol. The third-order valence-electron chi connectivity index (χ3n) is 1.90. The van der Waals surface area contributed by atoms with Gasteiger partial charge in [0, 0.05) is 5.75 Å². The van der Waals surface area contributed by atoms with Crippen LogP contribution in [-0.2, 0) is 4.74 Å². The van der Waals surface area contributed by atoms with Crippen LogP contribution in [0, 0.1) is 10.7 Å². The maximum Gasteiger partial charge on any atom is 0.133 e. The van der Waals surface area contributed by atoms with Crippen LogP contribution in [0.3, 0.4) is 0 Å². The molecule has 1 aliphatic heterocycles. The largest absolute Gasteiger partial charge is 0.374 e. The molecule has 0 bridgehead atoms. The molecule has 62 valence electrons. The molecule has 1 fully saturated rings. The van der Waals surface area contributed by atoms with Gasteiger partial charge in [0.2, 0.25) is 0 Å². The summed E-state index contributed by atoms with van der Waals surface area (Å²) in [6, 6.07) is 0. The van der Waals surface area contributed by atoms with Gasteiger partial charge in [0.15, 0.2) is 0 Å². The lowest BCUT2D eigenvalue weighted by Crippen LogP contribution is -2.26. The number of thiocyanates is 1. The van der Waals surface area contributed by atoms with Crippen LogP contribution in [0.5, 0.6) is 0 Å². The van der Waals surface area contributed by atoms with E-state index in [0.717, 1.165) is 12.2 Å². The molecule has 2 nitrogen and oxygen atoms in total. The van der Waals surface area contributed by atoms with Crippen molar-refractivity contribution in [1.82, 2.24) is 0 Å². The average molecular weight is 171 g/mol.